The molecular formula is C11H13BrFN. The molecule has 0 heterocycles. The van der Waals surface area contributed by atoms with Crippen LogP contribution in [0.1, 0.15) is 25.5 Å². The molecule has 2 N–H and O–H groups in total. The Labute approximate surface area is 91.9 Å². The number of benzene rings is 1. The Balaban J connectivity index is 3.02. The number of hydrogen-bond donors (Lipinski definition) is 1. The first-order valence-corrected chi connectivity index (χ1v) is 5.15. The van der Waals surface area contributed by atoms with Crippen molar-refractivity contribution in [2.45, 2.75) is 19.9 Å². The maximum Gasteiger partial charge on any atom is 0.124 e. The number of halogens is 2. The van der Waals surface area contributed by atoms with Crippen LogP contribution in [-0.2, 0) is 0 Å². The number of allylic oxidation sites excluding steroid dienone is 1. The lowest BCUT2D eigenvalue weighted by Crippen LogP contribution is -2.08. The molecule has 1 aromatic rings. The van der Waals surface area contributed by atoms with E-state index in [0.717, 1.165) is 11.1 Å². The summed E-state index contributed by atoms with van der Waals surface area (Å²) in [6.45, 7) is 3.97. The molecule has 1 nitrogen and oxygen atoms in total. The van der Waals surface area contributed by atoms with Crippen molar-refractivity contribution in [3.05, 3.63) is 45.7 Å². The highest BCUT2D eigenvalue weighted by molar-refractivity contribution is 9.10. The minimum atomic E-state index is -0.259. The predicted molar refractivity (Wildman–Crippen MR) is 60.5 cm³/mol. The minimum Gasteiger partial charge on any atom is -0.321 e. The zero-order chi connectivity index (χ0) is 10.7. The van der Waals surface area contributed by atoms with Gasteiger partial charge in [0.1, 0.15) is 5.82 Å². The number of rotatable bonds is 2. The maximum atomic E-state index is 12.8. The van der Waals surface area contributed by atoms with Gasteiger partial charge < -0.3 is 5.73 Å². The third kappa shape index (κ3) is 2.93. The van der Waals surface area contributed by atoms with Crippen LogP contribution in [0.4, 0.5) is 4.39 Å². The average Bonchev–Trinajstić information content (AvgIpc) is 2.01. The van der Waals surface area contributed by atoms with Gasteiger partial charge >= 0.3 is 0 Å². The van der Waals surface area contributed by atoms with Gasteiger partial charge in [0.25, 0.3) is 0 Å². The zero-order valence-corrected chi connectivity index (χ0v) is 9.81. The van der Waals surface area contributed by atoms with Crippen molar-refractivity contribution in [1.29, 1.82) is 0 Å². The second kappa shape index (κ2) is 4.71. The van der Waals surface area contributed by atoms with Crippen LogP contribution in [0.15, 0.2) is 34.3 Å². The average molecular weight is 258 g/mol. The van der Waals surface area contributed by atoms with Crippen LogP contribution in [0.25, 0.3) is 0 Å². The molecule has 14 heavy (non-hydrogen) atoms. The zero-order valence-electron chi connectivity index (χ0n) is 8.22. The molecule has 0 amide bonds. The van der Waals surface area contributed by atoms with Crippen molar-refractivity contribution in [1.82, 2.24) is 0 Å². The van der Waals surface area contributed by atoms with Crippen LogP contribution in [0.3, 0.4) is 0 Å². The van der Waals surface area contributed by atoms with E-state index in [9.17, 15) is 4.39 Å². The van der Waals surface area contributed by atoms with Crippen LogP contribution in [0, 0.1) is 5.82 Å². The molecule has 0 saturated carbocycles. The van der Waals surface area contributed by atoms with E-state index in [1.807, 2.05) is 19.9 Å². The first-order valence-electron chi connectivity index (χ1n) is 4.36. The summed E-state index contributed by atoms with van der Waals surface area (Å²) in [5, 5.41) is 0. The SMILES string of the molecule is CC(C)=CC(N)c1ccc(F)cc1Br. The lowest BCUT2D eigenvalue weighted by molar-refractivity contribution is 0.625. The highest BCUT2D eigenvalue weighted by Gasteiger charge is 2.07. The Hall–Kier alpha value is -0.670. The fourth-order valence-electron chi connectivity index (χ4n) is 1.22. The van der Waals surface area contributed by atoms with E-state index in [1.54, 1.807) is 6.07 Å². The highest BCUT2D eigenvalue weighted by atomic mass is 79.9. The van der Waals surface area contributed by atoms with Gasteiger partial charge in [0.15, 0.2) is 0 Å². The molecular weight excluding hydrogens is 245 g/mol. The van der Waals surface area contributed by atoms with Crippen LogP contribution in [0.5, 0.6) is 0 Å². The smallest absolute Gasteiger partial charge is 0.124 e. The Morgan fingerprint density at radius 2 is 2.14 bits per heavy atom. The van der Waals surface area contributed by atoms with Crippen molar-refractivity contribution in [3.8, 4) is 0 Å². The predicted octanol–water partition coefficient (Wildman–Crippen LogP) is 3.55. The van der Waals surface area contributed by atoms with Gasteiger partial charge in [0, 0.05) is 10.5 Å². The first kappa shape index (κ1) is 11.4. The second-order valence-corrected chi connectivity index (χ2v) is 4.29. The van der Waals surface area contributed by atoms with Gasteiger partial charge in [-0.2, -0.15) is 0 Å². The van der Waals surface area contributed by atoms with E-state index in [4.69, 9.17) is 5.73 Å². The minimum absolute atomic E-state index is 0.185. The Morgan fingerprint density at radius 1 is 1.50 bits per heavy atom. The van der Waals surface area contributed by atoms with Crippen LogP contribution >= 0.6 is 15.9 Å². The monoisotopic (exact) mass is 257 g/mol. The van der Waals surface area contributed by atoms with E-state index >= 15 is 0 Å². The summed E-state index contributed by atoms with van der Waals surface area (Å²) in [5.41, 5.74) is 7.96. The molecule has 1 aromatic carbocycles. The van der Waals surface area contributed by atoms with E-state index < -0.39 is 0 Å². The molecule has 1 rings (SSSR count). The third-order valence-corrected chi connectivity index (χ3v) is 2.52. The van der Waals surface area contributed by atoms with E-state index in [0.29, 0.717) is 4.47 Å². The van der Waals surface area contributed by atoms with Crippen LogP contribution in [-0.4, -0.2) is 0 Å². The maximum absolute atomic E-state index is 12.8. The first-order chi connectivity index (χ1) is 6.50. The van der Waals surface area contributed by atoms with Gasteiger partial charge in [0.05, 0.1) is 0 Å². The summed E-state index contributed by atoms with van der Waals surface area (Å²) >= 11 is 3.29. The third-order valence-electron chi connectivity index (χ3n) is 1.83. The van der Waals surface area contributed by atoms with E-state index in [-0.39, 0.29) is 11.9 Å². The number of hydrogen-bond acceptors (Lipinski definition) is 1. The van der Waals surface area contributed by atoms with Crippen LogP contribution in [0.2, 0.25) is 0 Å². The van der Waals surface area contributed by atoms with Crippen LogP contribution < -0.4 is 5.73 Å². The summed E-state index contributed by atoms with van der Waals surface area (Å²) in [6.07, 6.45) is 1.94. The molecule has 0 saturated heterocycles. The summed E-state index contributed by atoms with van der Waals surface area (Å²) in [4.78, 5) is 0. The van der Waals surface area contributed by atoms with Crippen molar-refractivity contribution >= 4 is 15.9 Å². The van der Waals surface area contributed by atoms with Gasteiger partial charge in [-0.15, -0.1) is 0 Å². The van der Waals surface area contributed by atoms with E-state index in [1.165, 1.54) is 12.1 Å². The molecule has 0 bridgehead atoms. The molecule has 1 atom stereocenters. The fraction of sp³-hybridized carbons (Fsp3) is 0.273. The quantitative estimate of drug-likeness (QED) is 0.806. The summed E-state index contributed by atoms with van der Waals surface area (Å²) in [7, 11) is 0. The van der Waals surface area contributed by atoms with Gasteiger partial charge in [-0.3, -0.25) is 0 Å². The fourth-order valence-corrected chi connectivity index (χ4v) is 1.84. The molecule has 0 aliphatic rings. The summed E-state index contributed by atoms with van der Waals surface area (Å²) in [5.74, 6) is -0.259. The molecule has 0 aromatic heterocycles. The van der Waals surface area contributed by atoms with Gasteiger partial charge in [-0.25, -0.2) is 4.39 Å². The lowest BCUT2D eigenvalue weighted by atomic mass is 10.1. The lowest BCUT2D eigenvalue weighted by Gasteiger charge is -2.10. The van der Waals surface area contributed by atoms with Crippen molar-refractivity contribution in [2.24, 2.45) is 5.73 Å². The number of nitrogens with two attached hydrogens (primary N) is 1. The van der Waals surface area contributed by atoms with Gasteiger partial charge in [-0.05, 0) is 31.5 Å². The standard InChI is InChI=1S/C11H13BrFN/c1-7(2)5-11(14)9-4-3-8(13)6-10(9)12/h3-6,11H,14H2,1-2H3. The second-order valence-electron chi connectivity index (χ2n) is 3.44. The van der Waals surface area contributed by atoms with Crippen molar-refractivity contribution in [3.63, 3.8) is 0 Å². The summed E-state index contributed by atoms with van der Waals surface area (Å²) in [6, 6.07) is 4.35. The molecule has 1 unspecified atom stereocenters. The molecule has 0 spiro atoms. The van der Waals surface area contributed by atoms with Crippen molar-refractivity contribution in [2.75, 3.05) is 0 Å². The molecule has 0 aliphatic heterocycles. The molecule has 0 aliphatic carbocycles. The molecule has 0 radical (unpaired) electrons. The largest absolute Gasteiger partial charge is 0.321 e. The highest BCUT2D eigenvalue weighted by Crippen LogP contribution is 2.24. The Morgan fingerprint density at radius 3 is 2.64 bits per heavy atom. The topological polar surface area (TPSA) is 26.0 Å². The van der Waals surface area contributed by atoms with Crippen molar-refractivity contribution < 1.29 is 4.39 Å². The Kier molecular flexibility index (Phi) is 3.84. The van der Waals surface area contributed by atoms with Gasteiger partial charge in [-0.1, -0.05) is 33.6 Å². The van der Waals surface area contributed by atoms with Gasteiger partial charge in [0.2, 0.25) is 0 Å². The van der Waals surface area contributed by atoms with E-state index in [2.05, 4.69) is 15.9 Å². The molecule has 0 fully saturated rings. The normalized spacial score (nSPS) is 12.4. The Bertz CT molecular complexity index is 356. The molecule has 76 valence electrons. The summed E-state index contributed by atoms with van der Waals surface area (Å²) < 4.78 is 13.5. The molecule has 3 heteroatoms.